The van der Waals surface area contributed by atoms with E-state index in [1.165, 1.54) is 5.56 Å². The summed E-state index contributed by atoms with van der Waals surface area (Å²) >= 11 is 8.78. The summed E-state index contributed by atoms with van der Waals surface area (Å²) in [6.07, 6.45) is 0. The molecule has 14 heavy (non-hydrogen) atoms. The van der Waals surface area contributed by atoms with Gasteiger partial charge in [0.05, 0.1) is 0 Å². The maximum atomic E-state index is 10.9. The second kappa shape index (κ2) is 5.37. The Morgan fingerprint density at radius 2 is 2.29 bits per heavy atom. The molecule has 1 amide bonds. The van der Waals surface area contributed by atoms with Crippen molar-refractivity contribution in [3.05, 3.63) is 33.8 Å². The summed E-state index contributed by atoms with van der Waals surface area (Å²) in [6.45, 7) is 2.54. The van der Waals surface area contributed by atoms with E-state index in [0.29, 0.717) is 6.54 Å². The highest BCUT2D eigenvalue weighted by molar-refractivity contribution is 9.10. The van der Waals surface area contributed by atoms with Crippen molar-refractivity contribution in [1.82, 2.24) is 5.32 Å². The topological polar surface area (TPSA) is 29.1 Å². The summed E-state index contributed by atoms with van der Waals surface area (Å²) in [4.78, 5) is 10.9. The fourth-order valence-electron chi connectivity index (χ4n) is 0.994. The Morgan fingerprint density at radius 1 is 1.57 bits per heavy atom. The highest BCUT2D eigenvalue weighted by atomic mass is 79.9. The van der Waals surface area contributed by atoms with Crippen LogP contribution in [0.3, 0.4) is 0 Å². The zero-order valence-corrected chi connectivity index (χ0v) is 10.2. The maximum Gasteiger partial charge on any atom is 0.235 e. The third-order valence-corrected chi connectivity index (χ3v) is 2.94. The van der Waals surface area contributed by atoms with E-state index in [1.54, 1.807) is 0 Å². The predicted octanol–water partition coefficient (Wildman–Crippen LogP) is 2.61. The van der Waals surface area contributed by atoms with Crippen molar-refractivity contribution in [2.45, 2.75) is 13.5 Å². The van der Waals surface area contributed by atoms with Crippen molar-refractivity contribution in [3.8, 4) is 0 Å². The molecule has 0 radical (unpaired) electrons. The third-order valence-electron chi connectivity index (χ3n) is 1.85. The molecule has 0 unspecified atom stereocenters. The zero-order chi connectivity index (χ0) is 10.6. The minimum atomic E-state index is -0.150. The van der Waals surface area contributed by atoms with Gasteiger partial charge < -0.3 is 5.32 Å². The molecule has 2 nitrogen and oxygen atoms in total. The molecular weight excluding hydrogens is 265 g/mol. The Labute approximate surface area is 96.8 Å². The van der Waals surface area contributed by atoms with Gasteiger partial charge in [0.1, 0.15) is 5.88 Å². The van der Waals surface area contributed by atoms with Crippen LogP contribution in [0.15, 0.2) is 22.7 Å². The minimum Gasteiger partial charge on any atom is -0.351 e. The Bertz CT molecular complexity index is 341. The van der Waals surface area contributed by atoms with E-state index in [0.717, 1.165) is 10.0 Å². The monoisotopic (exact) mass is 275 g/mol. The number of carbonyl (C=O) groups is 1. The molecule has 0 atom stereocenters. The molecule has 0 bridgehead atoms. The van der Waals surface area contributed by atoms with Crippen LogP contribution in [0.25, 0.3) is 0 Å². The molecule has 0 spiro atoms. The second-order valence-corrected chi connectivity index (χ2v) is 4.12. The van der Waals surface area contributed by atoms with Crippen LogP contribution >= 0.6 is 27.5 Å². The van der Waals surface area contributed by atoms with Crippen LogP contribution < -0.4 is 5.32 Å². The Hall–Kier alpha value is -0.540. The first-order chi connectivity index (χ1) is 6.63. The van der Waals surface area contributed by atoms with Gasteiger partial charge in [-0.05, 0) is 24.1 Å². The van der Waals surface area contributed by atoms with Gasteiger partial charge in [-0.2, -0.15) is 0 Å². The third kappa shape index (κ3) is 3.31. The molecule has 0 aliphatic heterocycles. The van der Waals surface area contributed by atoms with Crippen LogP contribution in [0.5, 0.6) is 0 Å². The van der Waals surface area contributed by atoms with Gasteiger partial charge in [-0.1, -0.05) is 28.1 Å². The van der Waals surface area contributed by atoms with Gasteiger partial charge >= 0.3 is 0 Å². The molecule has 0 aliphatic carbocycles. The van der Waals surface area contributed by atoms with Crippen molar-refractivity contribution < 1.29 is 4.79 Å². The number of benzene rings is 1. The molecule has 0 saturated heterocycles. The zero-order valence-electron chi connectivity index (χ0n) is 7.81. The number of nitrogens with one attached hydrogen (secondary N) is 1. The number of halogens is 2. The van der Waals surface area contributed by atoms with E-state index < -0.39 is 0 Å². The predicted molar refractivity (Wildman–Crippen MR) is 61.4 cm³/mol. The quantitative estimate of drug-likeness (QED) is 0.845. The molecular formula is C10H11BrClNO. The first kappa shape index (κ1) is 11.5. The molecule has 0 saturated carbocycles. The van der Waals surface area contributed by atoms with Gasteiger partial charge in [-0.15, -0.1) is 11.6 Å². The Balaban J connectivity index is 2.60. The lowest BCUT2D eigenvalue weighted by Gasteiger charge is -2.05. The standard InChI is InChI=1S/C10H11BrClNO/c1-7-2-3-8(4-9(7)11)6-13-10(14)5-12/h2-4H,5-6H2,1H3,(H,13,14). The first-order valence-electron chi connectivity index (χ1n) is 4.21. The smallest absolute Gasteiger partial charge is 0.235 e. The molecule has 0 heterocycles. The van der Waals surface area contributed by atoms with Gasteiger partial charge in [0, 0.05) is 11.0 Å². The summed E-state index contributed by atoms with van der Waals surface area (Å²) in [5.41, 5.74) is 2.23. The number of amides is 1. The fourth-order valence-corrected chi connectivity index (χ4v) is 1.51. The number of aryl methyl sites for hydroxylation is 1. The van der Waals surface area contributed by atoms with Crippen molar-refractivity contribution in [2.75, 3.05) is 5.88 Å². The molecule has 1 rings (SSSR count). The van der Waals surface area contributed by atoms with Crippen LogP contribution in [-0.4, -0.2) is 11.8 Å². The van der Waals surface area contributed by atoms with E-state index in [2.05, 4.69) is 21.2 Å². The molecule has 76 valence electrons. The average Bonchev–Trinajstić information content (AvgIpc) is 2.19. The van der Waals surface area contributed by atoms with Crippen molar-refractivity contribution in [1.29, 1.82) is 0 Å². The number of hydrogen-bond acceptors (Lipinski definition) is 1. The van der Waals surface area contributed by atoms with Crippen LogP contribution in [0.1, 0.15) is 11.1 Å². The molecule has 1 aromatic carbocycles. The van der Waals surface area contributed by atoms with E-state index in [-0.39, 0.29) is 11.8 Å². The molecule has 1 N–H and O–H groups in total. The molecule has 4 heteroatoms. The summed E-state index contributed by atoms with van der Waals surface area (Å²) in [5, 5.41) is 2.70. The van der Waals surface area contributed by atoms with E-state index >= 15 is 0 Å². The van der Waals surface area contributed by atoms with Gasteiger partial charge in [0.15, 0.2) is 0 Å². The van der Waals surface area contributed by atoms with E-state index in [4.69, 9.17) is 11.6 Å². The summed E-state index contributed by atoms with van der Waals surface area (Å²) in [5.74, 6) is -0.143. The lowest BCUT2D eigenvalue weighted by atomic mass is 10.1. The van der Waals surface area contributed by atoms with Crippen molar-refractivity contribution in [2.24, 2.45) is 0 Å². The average molecular weight is 277 g/mol. The highest BCUT2D eigenvalue weighted by Gasteiger charge is 2.00. The molecule has 0 fully saturated rings. The minimum absolute atomic E-state index is 0.00698. The summed E-state index contributed by atoms with van der Waals surface area (Å²) in [7, 11) is 0. The van der Waals surface area contributed by atoms with Gasteiger partial charge in [-0.3, -0.25) is 4.79 Å². The summed E-state index contributed by atoms with van der Waals surface area (Å²) < 4.78 is 1.05. The summed E-state index contributed by atoms with van der Waals surface area (Å²) in [6, 6.07) is 5.98. The van der Waals surface area contributed by atoms with Gasteiger partial charge in [-0.25, -0.2) is 0 Å². The SMILES string of the molecule is Cc1ccc(CNC(=O)CCl)cc1Br. The Kier molecular flexibility index (Phi) is 4.42. The normalized spacial score (nSPS) is 9.93. The number of alkyl halides is 1. The van der Waals surface area contributed by atoms with Crippen LogP contribution in [0, 0.1) is 6.92 Å². The lowest BCUT2D eigenvalue weighted by molar-refractivity contribution is -0.118. The van der Waals surface area contributed by atoms with E-state index in [9.17, 15) is 4.79 Å². The number of carbonyl (C=O) groups excluding carboxylic acids is 1. The Morgan fingerprint density at radius 3 is 2.86 bits per heavy atom. The first-order valence-corrected chi connectivity index (χ1v) is 5.54. The number of hydrogen-bond donors (Lipinski definition) is 1. The van der Waals surface area contributed by atoms with E-state index in [1.807, 2.05) is 25.1 Å². The second-order valence-electron chi connectivity index (χ2n) is 2.99. The van der Waals surface area contributed by atoms with Crippen molar-refractivity contribution in [3.63, 3.8) is 0 Å². The molecule has 0 aromatic heterocycles. The maximum absolute atomic E-state index is 10.9. The van der Waals surface area contributed by atoms with Crippen LogP contribution in [-0.2, 0) is 11.3 Å². The largest absolute Gasteiger partial charge is 0.351 e. The van der Waals surface area contributed by atoms with Crippen LogP contribution in [0.2, 0.25) is 0 Å². The van der Waals surface area contributed by atoms with Gasteiger partial charge in [0.25, 0.3) is 0 Å². The van der Waals surface area contributed by atoms with Gasteiger partial charge in [0.2, 0.25) is 5.91 Å². The fraction of sp³-hybridized carbons (Fsp3) is 0.300. The molecule has 0 aliphatic rings. The molecule has 1 aromatic rings. The highest BCUT2D eigenvalue weighted by Crippen LogP contribution is 2.17. The number of rotatable bonds is 3. The van der Waals surface area contributed by atoms with Crippen molar-refractivity contribution >= 4 is 33.4 Å². The lowest BCUT2D eigenvalue weighted by Crippen LogP contribution is -2.23. The van der Waals surface area contributed by atoms with Crippen LogP contribution in [0.4, 0.5) is 0 Å².